The van der Waals surface area contributed by atoms with Gasteiger partial charge in [0, 0.05) is 54.1 Å². The molecule has 0 spiro atoms. The lowest BCUT2D eigenvalue weighted by Gasteiger charge is -2.21. The van der Waals surface area contributed by atoms with E-state index in [1.165, 1.54) is 27.6 Å². The minimum Gasteiger partial charge on any atom is -0.343 e. The summed E-state index contributed by atoms with van der Waals surface area (Å²) < 4.78 is 2.31. The number of amides is 1. The maximum atomic E-state index is 13.2. The summed E-state index contributed by atoms with van der Waals surface area (Å²) in [5, 5.41) is 1.90. The summed E-state index contributed by atoms with van der Waals surface area (Å²) in [7, 11) is 0. The molecule has 2 heterocycles. The van der Waals surface area contributed by atoms with Gasteiger partial charge in [-0.05, 0) is 54.7 Å². The minimum atomic E-state index is -0.0408. The van der Waals surface area contributed by atoms with Gasteiger partial charge < -0.3 is 9.47 Å². The summed E-state index contributed by atoms with van der Waals surface area (Å²) in [4.78, 5) is 15.3. The molecular weight excluding hydrogens is 428 g/mol. The van der Waals surface area contributed by atoms with Crippen LogP contribution in [-0.4, -0.2) is 28.5 Å². The number of hydrogen-bond acceptors (Lipinski definition) is 1. The van der Waals surface area contributed by atoms with Crippen LogP contribution in [0.4, 0.5) is 0 Å². The van der Waals surface area contributed by atoms with E-state index in [-0.39, 0.29) is 11.8 Å². The molecule has 1 unspecified atom stereocenters. The Labute approximate surface area is 200 Å². The van der Waals surface area contributed by atoms with Gasteiger partial charge in [-0.2, -0.15) is 0 Å². The molecule has 4 aromatic rings. The molecule has 1 saturated heterocycles. The first kappa shape index (κ1) is 21.8. The SMILES string of the molecule is Cc1ccc(Cn2cc(C(CC(=O)N3CCCC3)c3cccc(Cl)c3)c3ccccc32)cc1. The van der Waals surface area contributed by atoms with Gasteiger partial charge in [0.2, 0.25) is 5.91 Å². The Morgan fingerprint density at radius 2 is 1.73 bits per heavy atom. The number of aromatic nitrogens is 1. The molecule has 4 heteroatoms. The van der Waals surface area contributed by atoms with E-state index in [2.05, 4.69) is 72.3 Å². The summed E-state index contributed by atoms with van der Waals surface area (Å²) in [6, 6.07) is 25.2. The van der Waals surface area contributed by atoms with Crippen LogP contribution in [0.3, 0.4) is 0 Å². The number of hydrogen-bond donors (Lipinski definition) is 0. The molecule has 1 atom stereocenters. The summed E-state index contributed by atoms with van der Waals surface area (Å²) in [6.45, 7) is 4.65. The van der Waals surface area contributed by atoms with Crippen LogP contribution < -0.4 is 0 Å². The Balaban J connectivity index is 1.57. The van der Waals surface area contributed by atoms with E-state index >= 15 is 0 Å². The normalized spacial score (nSPS) is 14.7. The lowest BCUT2D eigenvalue weighted by Crippen LogP contribution is -2.29. The third-order valence-electron chi connectivity index (χ3n) is 6.76. The van der Waals surface area contributed by atoms with Gasteiger partial charge >= 0.3 is 0 Å². The first-order valence-corrected chi connectivity index (χ1v) is 12.1. The highest BCUT2D eigenvalue weighted by atomic mass is 35.5. The molecule has 3 aromatic carbocycles. The van der Waals surface area contributed by atoms with E-state index in [4.69, 9.17) is 11.6 Å². The van der Waals surface area contributed by atoms with Crippen molar-refractivity contribution in [1.82, 2.24) is 9.47 Å². The predicted molar refractivity (Wildman–Crippen MR) is 136 cm³/mol. The van der Waals surface area contributed by atoms with Crippen LogP contribution in [0, 0.1) is 6.92 Å². The number of likely N-dealkylation sites (tertiary alicyclic amines) is 1. The third kappa shape index (κ3) is 4.69. The molecule has 1 aliphatic rings. The average molecular weight is 457 g/mol. The number of fused-ring (bicyclic) bond motifs is 1. The second kappa shape index (κ2) is 9.44. The van der Waals surface area contributed by atoms with Crippen molar-refractivity contribution in [3.8, 4) is 0 Å². The van der Waals surface area contributed by atoms with Crippen LogP contribution in [-0.2, 0) is 11.3 Å². The quantitative estimate of drug-likeness (QED) is 0.313. The van der Waals surface area contributed by atoms with Gasteiger partial charge in [-0.1, -0.05) is 71.8 Å². The van der Waals surface area contributed by atoms with Crippen molar-refractivity contribution < 1.29 is 4.79 Å². The molecule has 1 aliphatic heterocycles. The zero-order chi connectivity index (χ0) is 22.8. The average Bonchev–Trinajstić information content (AvgIpc) is 3.48. The number of nitrogens with zero attached hydrogens (tertiary/aromatic N) is 2. The maximum absolute atomic E-state index is 13.2. The van der Waals surface area contributed by atoms with E-state index in [9.17, 15) is 4.79 Å². The molecule has 0 N–H and O–H groups in total. The van der Waals surface area contributed by atoms with Crippen LogP contribution in [0.2, 0.25) is 5.02 Å². The highest BCUT2D eigenvalue weighted by Gasteiger charge is 2.26. The van der Waals surface area contributed by atoms with Gasteiger partial charge in [-0.25, -0.2) is 0 Å². The van der Waals surface area contributed by atoms with Gasteiger partial charge in [-0.3, -0.25) is 4.79 Å². The molecule has 1 aromatic heterocycles. The Morgan fingerprint density at radius 1 is 0.970 bits per heavy atom. The standard InChI is InChI=1S/C29H29ClN2O/c1-21-11-13-22(14-12-21)19-32-20-27(25-9-2-3-10-28(25)32)26(23-7-6-8-24(30)17-23)18-29(33)31-15-4-5-16-31/h2-3,6-14,17,20,26H,4-5,15-16,18-19H2,1H3. The fourth-order valence-corrected chi connectivity index (χ4v) is 5.17. The Bertz CT molecular complexity index is 1270. The number of benzene rings is 3. The molecule has 1 fully saturated rings. The van der Waals surface area contributed by atoms with Crippen molar-refractivity contribution >= 4 is 28.4 Å². The summed E-state index contributed by atoms with van der Waals surface area (Å²) in [5.41, 5.74) is 5.99. The van der Waals surface area contributed by atoms with E-state index in [1.807, 2.05) is 23.1 Å². The minimum absolute atomic E-state index is 0.0408. The Hall–Kier alpha value is -3.04. The second-order valence-electron chi connectivity index (χ2n) is 9.11. The lowest BCUT2D eigenvalue weighted by atomic mass is 9.88. The van der Waals surface area contributed by atoms with Gasteiger partial charge in [0.1, 0.15) is 0 Å². The number of halogens is 1. The molecule has 33 heavy (non-hydrogen) atoms. The zero-order valence-electron chi connectivity index (χ0n) is 19.0. The van der Waals surface area contributed by atoms with E-state index in [0.717, 1.165) is 38.0 Å². The molecule has 0 radical (unpaired) electrons. The summed E-state index contributed by atoms with van der Waals surface area (Å²) in [6.07, 6.45) is 4.90. The van der Waals surface area contributed by atoms with Crippen molar-refractivity contribution in [2.45, 2.75) is 38.6 Å². The van der Waals surface area contributed by atoms with Crippen LogP contribution in [0.25, 0.3) is 10.9 Å². The van der Waals surface area contributed by atoms with Gasteiger partial charge in [0.25, 0.3) is 0 Å². The van der Waals surface area contributed by atoms with E-state index < -0.39 is 0 Å². The lowest BCUT2D eigenvalue weighted by molar-refractivity contribution is -0.130. The van der Waals surface area contributed by atoms with Gasteiger partial charge in [0.05, 0.1) is 0 Å². The Kier molecular flexibility index (Phi) is 6.24. The molecule has 5 rings (SSSR count). The highest BCUT2D eigenvalue weighted by molar-refractivity contribution is 6.30. The topological polar surface area (TPSA) is 25.2 Å². The maximum Gasteiger partial charge on any atom is 0.223 e. The molecule has 168 valence electrons. The van der Waals surface area contributed by atoms with Crippen molar-refractivity contribution in [1.29, 1.82) is 0 Å². The second-order valence-corrected chi connectivity index (χ2v) is 9.55. The highest BCUT2D eigenvalue weighted by Crippen LogP contribution is 2.36. The van der Waals surface area contributed by atoms with Crippen LogP contribution in [0.1, 0.15) is 47.4 Å². The molecule has 3 nitrogen and oxygen atoms in total. The number of carbonyl (C=O) groups excluding carboxylic acids is 1. The molecule has 0 bridgehead atoms. The van der Waals surface area contributed by atoms with Crippen LogP contribution in [0.15, 0.2) is 79.0 Å². The van der Waals surface area contributed by atoms with Gasteiger partial charge in [-0.15, -0.1) is 0 Å². The first-order valence-electron chi connectivity index (χ1n) is 11.7. The fraction of sp³-hybridized carbons (Fsp3) is 0.276. The van der Waals surface area contributed by atoms with Crippen molar-refractivity contribution in [2.75, 3.05) is 13.1 Å². The van der Waals surface area contributed by atoms with Crippen molar-refractivity contribution in [2.24, 2.45) is 0 Å². The smallest absolute Gasteiger partial charge is 0.223 e. The van der Waals surface area contributed by atoms with E-state index in [0.29, 0.717) is 11.4 Å². The van der Waals surface area contributed by atoms with Gasteiger partial charge in [0.15, 0.2) is 0 Å². The van der Waals surface area contributed by atoms with Crippen molar-refractivity contribution in [3.63, 3.8) is 0 Å². The van der Waals surface area contributed by atoms with Crippen LogP contribution in [0.5, 0.6) is 0 Å². The number of para-hydroxylation sites is 1. The Morgan fingerprint density at radius 3 is 2.48 bits per heavy atom. The monoisotopic (exact) mass is 456 g/mol. The molecule has 1 amide bonds. The van der Waals surface area contributed by atoms with E-state index in [1.54, 1.807) is 0 Å². The van der Waals surface area contributed by atoms with Crippen molar-refractivity contribution in [3.05, 3.63) is 106 Å². The summed E-state index contributed by atoms with van der Waals surface area (Å²) >= 11 is 6.38. The predicted octanol–water partition coefficient (Wildman–Crippen LogP) is 6.80. The molecule has 0 saturated carbocycles. The fourth-order valence-electron chi connectivity index (χ4n) is 4.97. The first-order chi connectivity index (χ1) is 16.1. The zero-order valence-corrected chi connectivity index (χ0v) is 19.8. The number of rotatable bonds is 6. The third-order valence-corrected chi connectivity index (χ3v) is 6.99. The van der Waals surface area contributed by atoms with Crippen LogP contribution >= 0.6 is 11.6 Å². The summed E-state index contributed by atoms with van der Waals surface area (Å²) in [5.74, 6) is 0.189. The number of aryl methyl sites for hydroxylation is 1. The molecule has 0 aliphatic carbocycles. The number of carbonyl (C=O) groups is 1. The largest absolute Gasteiger partial charge is 0.343 e. The molecular formula is C29H29ClN2O.